The Bertz CT molecular complexity index is 1040. The van der Waals surface area contributed by atoms with Crippen molar-refractivity contribution in [1.82, 2.24) is 30.1 Å². The molecule has 2 unspecified atom stereocenters. The van der Waals surface area contributed by atoms with E-state index in [1.54, 1.807) is 0 Å². The van der Waals surface area contributed by atoms with Gasteiger partial charge in [0.15, 0.2) is 0 Å². The zero-order valence-electron chi connectivity index (χ0n) is 18.3. The highest BCUT2D eigenvalue weighted by Gasteiger charge is 2.30. The highest BCUT2D eigenvalue weighted by atomic mass is 16.5. The molecule has 1 saturated heterocycles. The molecule has 164 valence electrons. The Hall–Kier alpha value is -3.36. The van der Waals surface area contributed by atoms with Crippen LogP contribution < -0.4 is 0 Å². The maximum absolute atomic E-state index is 5.57. The van der Waals surface area contributed by atoms with Crippen LogP contribution >= 0.6 is 0 Å². The molecule has 0 bridgehead atoms. The maximum atomic E-state index is 5.57. The molecule has 3 heterocycles. The molecule has 0 radical (unpaired) electrons. The number of benzene rings is 2. The first-order valence-corrected chi connectivity index (χ1v) is 10.9. The zero-order chi connectivity index (χ0) is 21.9. The quantitative estimate of drug-likeness (QED) is 0.449. The molecular weight excluding hydrogens is 404 g/mol. The van der Waals surface area contributed by atoms with Crippen molar-refractivity contribution >= 4 is 0 Å². The molecular formula is C24H26N6O2. The summed E-state index contributed by atoms with van der Waals surface area (Å²) in [6.45, 7) is 7.82. The lowest BCUT2D eigenvalue weighted by molar-refractivity contribution is 0.0588. The summed E-state index contributed by atoms with van der Waals surface area (Å²) in [5.41, 5.74) is 1.92. The summed E-state index contributed by atoms with van der Waals surface area (Å²) in [4.78, 5) is 14.0. The highest BCUT2D eigenvalue weighted by molar-refractivity contribution is 5.54. The minimum absolute atomic E-state index is 0.0607. The van der Waals surface area contributed by atoms with Crippen LogP contribution in [-0.4, -0.2) is 56.3 Å². The summed E-state index contributed by atoms with van der Waals surface area (Å²) in [6, 6.07) is 19.9. The Morgan fingerprint density at radius 3 is 1.38 bits per heavy atom. The van der Waals surface area contributed by atoms with E-state index in [-0.39, 0.29) is 12.1 Å². The van der Waals surface area contributed by atoms with E-state index in [9.17, 15) is 0 Å². The first kappa shape index (κ1) is 20.5. The molecule has 2 atom stereocenters. The Labute approximate surface area is 186 Å². The molecule has 1 aliphatic heterocycles. The van der Waals surface area contributed by atoms with Crippen molar-refractivity contribution in [3.05, 3.63) is 72.4 Å². The lowest BCUT2D eigenvalue weighted by Crippen LogP contribution is -2.47. The lowest BCUT2D eigenvalue weighted by Gasteiger charge is -2.38. The van der Waals surface area contributed by atoms with Gasteiger partial charge < -0.3 is 9.05 Å². The van der Waals surface area contributed by atoms with Crippen molar-refractivity contribution in [2.75, 3.05) is 26.2 Å². The van der Waals surface area contributed by atoms with Gasteiger partial charge in [0, 0.05) is 37.3 Å². The van der Waals surface area contributed by atoms with Gasteiger partial charge in [0.25, 0.3) is 0 Å². The number of hydrogen-bond acceptors (Lipinski definition) is 8. The summed E-state index contributed by atoms with van der Waals surface area (Å²) < 4.78 is 11.1. The fourth-order valence-corrected chi connectivity index (χ4v) is 4.04. The van der Waals surface area contributed by atoms with Gasteiger partial charge in [-0.1, -0.05) is 71.0 Å². The van der Waals surface area contributed by atoms with Crippen molar-refractivity contribution in [3.63, 3.8) is 0 Å². The molecule has 2 aromatic heterocycles. The highest BCUT2D eigenvalue weighted by Crippen LogP contribution is 2.27. The monoisotopic (exact) mass is 430 g/mol. The van der Waals surface area contributed by atoms with Crippen LogP contribution in [0, 0.1) is 0 Å². The Kier molecular flexibility index (Phi) is 5.79. The molecule has 0 saturated carbocycles. The van der Waals surface area contributed by atoms with E-state index in [1.807, 2.05) is 60.7 Å². The smallest absolute Gasteiger partial charge is 0.244 e. The number of hydrogen-bond donors (Lipinski definition) is 0. The van der Waals surface area contributed by atoms with Crippen LogP contribution in [-0.2, 0) is 0 Å². The number of aromatic nitrogens is 4. The summed E-state index contributed by atoms with van der Waals surface area (Å²) in [7, 11) is 0. The van der Waals surface area contributed by atoms with Crippen LogP contribution in [0.4, 0.5) is 0 Å². The molecule has 2 aromatic carbocycles. The average Bonchev–Trinajstić information content (AvgIpc) is 3.55. The first-order valence-electron chi connectivity index (χ1n) is 10.9. The molecule has 1 aliphatic rings. The third-order valence-electron chi connectivity index (χ3n) is 6.11. The zero-order valence-corrected chi connectivity index (χ0v) is 18.3. The second-order valence-electron chi connectivity index (χ2n) is 8.07. The van der Waals surface area contributed by atoms with Gasteiger partial charge >= 0.3 is 0 Å². The van der Waals surface area contributed by atoms with Gasteiger partial charge in [-0.25, -0.2) is 0 Å². The van der Waals surface area contributed by atoms with Gasteiger partial charge in [-0.15, -0.1) is 0 Å². The molecule has 0 aliphatic carbocycles. The van der Waals surface area contributed by atoms with Crippen molar-refractivity contribution in [3.8, 4) is 22.8 Å². The fourth-order valence-electron chi connectivity index (χ4n) is 4.04. The molecule has 5 rings (SSSR count). The summed E-state index contributed by atoms with van der Waals surface area (Å²) >= 11 is 0. The average molecular weight is 431 g/mol. The van der Waals surface area contributed by atoms with Crippen LogP contribution in [0.15, 0.2) is 69.7 Å². The minimum atomic E-state index is 0.0607. The van der Waals surface area contributed by atoms with Crippen molar-refractivity contribution in [1.29, 1.82) is 0 Å². The topological polar surface area (TPSA) is 84.3 Å². The number of nitrogens with zero attached hydrogens (tertiary/aromatic N) is 6. The molecule has 8 heteroatoms. The summed E-state index contributed by atoms with van der Waals surface area (Å²) in [5, 5.41) is 8.32. The largest absolute Gasteiger partial charge is 0.337 e. The van der Waals surface area contributed by atoms with Gasteiger partial charge in [0.2, 0.25) is 23.4 Å². The van der Waals surface area contributed by atoms with E-state index in [0.717, 1.165) is 37.3 Å². The summed E-state index contributed by atoms with van der Waals surface area (Å²) in [6.07, 6.45) is 0. The van der Waals surface area contributed by atoms with Gasteiger partial charge in [-0.3, -0.25) is 9.80 Å². The van der Waals surface area contributed by atoms with Gasteiger partial charge in [0.1, 0.15) is 0 Å². The molecule has 32 heavy (non-hydrogen) atoms. The van der Waals surface area contributed by atoms with E-state index in [0.29, 0.717) is 23.4 Å². The third kappa shape index (κ3) is 4.19. The number of rotatable bonds is 6. The lowest BCUT2D eigenvalue weighted by atomic mass is 10.2. The van der Waals surface area contributed by atoms with Gasteiger partial charge in [-0.05, 0) is 13.8 Å². The first-order chi connectivity index (χ1) is 15.7. The maximum Gasteiger partial charge on any atom is 0.244 e. The molecule has 0 amide bonds. The normalized spacial score (nSPS) is 17.3. The van der Waals surface area contributed by atoms with Crippen molar-refractivity contribution < 1.29 is 9.05 Å². The predicted molar refractivity (Wildman–Crippen MR) is 119 cm³/mol. The van der Waals surface area contributed by atoms with Crippen LogP contribution in [0.25, 0.3) is 22.8 Å². The molecule has 4 aromatic rings. The van der Waals surface area contributed by atoms with Crippen molar-refractivity contribution in [2.24, 2.45) is 0 Å². The SMILES string of the molecule is CC(c1nc(-c2ccccc2)no1)N1CCN(C(C)c2nc(-c3ccccc3)no2)CC1. The second kappa shape index (κ2) is 9.02. The standard InChI is InChI=1S/C24H26N6O2/c1-17(23-25-21(27-31-23)19-9-5-3-6-10-19)29-13-15-30(16-14-29)18(2)24-26-22(28-32-24)20-11-7-4-8-12-20/h3-12,17-18H,13-16H2,1-2H3. The van der Waals surface area contributed by atoms with Crippen LogP contribution in [0.5, 0.6) is 0 Å². The van der Waals surface area contributed by atoms with Crippen LogP contribution in [0.2, 0.25) is 0 Å². The van der Waals surface area contributed by atoms with Gasteiger partial charge in [0.05, 0.1) is 12.1 Å². The van der Waals surface area contributed by atoms with Crippen LogP contribution in [0.3, 0.4) is 0 Å². The number of piperazine rings is 1. The Balaban J connectivity index is 1.20. The van der Waals surface area contributed by atoms with E-state index < -0.39 is 0 Å². The van der Waals surface area contributed by atoms with E-state index in [2.05, 4.69) is 43.9 Å². The van der Waals surface area contributed by atoms with Crippen molar-refractivity contribution in [2.45, 2.75) is 25.9 Å². The van der Waals surface area contributed by atoms with Crippen LogP contribution in [0.1, 0.15) is 37.7 Å². The predicted octanol–water partition coefficient (Wildman–Crippen LogP) is 4.23. The fraction of sp³-hybridized carbons (Fsp3) is 0.333. The molecule has 0 N–H and O–H groups in total. The van der Waals surface area contributed by atoms with E-state index >= 15 is 0 Å². The van der Waals surface area contributed by atoms with E-state index in [4.69, 9.17) is 9.05 Å². The Morgan fingerprint density at radius 2 is 1.00 bits per heavy atom. The molecule has 8 nitrogen and oxygen atoms in total. The van der Waals surface area contributed by atoms with Gasteiger partial charge in [-0.2, -0.15) is 9.97 Å². The van der Waals surface area contributed by atoms with E-state index in [1.165, 1.54) is 0 Å². The minimum Gasteiger partial charge on any atom is -0.337 e. The molecule has 1 fully saturated rings. The third-order valence-corrected chi connectivity index (χ3v) is 6.11. The Morgan fingerprint density at radius 1 is 0.625 bits per heavy atom. The molecule has 0 spiro atoms. The summed E-state index contributed by atoms with van der Waals surface area (Å²) in [5.74, 6) is 2.56. The second-order valence-corrected chi connectivity index (χ2v) is 8.07.